The molecule has 3 nitrogen and oxygen atoms in total. The summed E-state index contributed by atoms with van der Waals surface area (Å²) in [6.45, 7) is 8.08. The van der Waals surface area contributed by atoms with E-state index in [0.29, 0.717) is 0 Å². The minimum atomic E-state index is 0.171. The summed E-state index contributed by atoms with van der Waals surface area (Å²) in [6, 6.07) is 6.04. The van der Waals surface area contributed by atoms with Crippen molar-refractivity contribution in [1.82, 2.24) is 0 Å². The van der Waals surface area contributed by atoms with Crippen LogP contribution in [0.4, 0.5) is 0 Å². The van der Waals surface area contributed by atoms with Crippen molar-refractivity contribution in [3.05, 3.63) is 34.9 Å². The predicted octanol–water partition coefficient (Wildman–Crippen LogP) is 3.86. The average Bonchev–Trinajstić information content (AvgIpc) is 2.41. The zero-order valence-electron chi connectivity index (χ0n) is 13.2. The molecule has 0 aliphatic carbocycles. The first-order valence-corrected chi connectivity index (χ1v) is 7.88. The van der Waals surface area contributed by atoms with Crippen molar-refractivity contribution in [3.63, 3.8) is 0 Å². The van der Waals surface area contributed by atoms with Crippen molar-refractivity contribution in [2.45, 2.75) is 33.8 Å². The highest BCUT2D eigenvalue weighted by atomic mass is 32.2. The number of hydrogen-bond donors (Lipinski definition) is 1. The molecule has 0 fully saturated rings. The van der Waals surface area contributed by atoms with E-state index in [4.69, 9.17) is 10.5 Å². The molecule has 0 heterocycles. The molecule has 1 aromatic carbocycles. The largest absolute Gasteiger partial charge is 0.491 e. The van der Waals surface area contributed by atoms with Gasteiger partial charge in [0.25, 0.3) is 0 Å². The molecular weight excluding hydrogens is 268 g/mol. The maximum atomic E-state index is 6.26. The van der Waals surface area contributed by atoms with Crippen LogP contribution in [0.3, 0.4) is 0 Å². The third-order valence-corrected chi connectivity index (χ3v) is 3.85. The van der Waals surface area contributed by atoms with E-state index in [-0.39, 0.29) is 6.10 Å². The summed E-state index contributed by atoms with van der Waals surface area (Å²) in [6.07, 6.45) is 2.17. The Morgan fingerprint density at radius 3 is 2.45 bits per heavy atom. The Bertz CT molecular complexity index is 533. The van der Waals surface area contributed by atoms with Crippen LogP contribution in [-0.2, 0) is 0 Å². The Morgan fingerprint density at radius 2 is 2.00 bits per heavy atom. The van der Waals surface area contributed by atoms with E-state index in [0.717, 1.165) is 33.2 Å². The lowest BCUT2D eigenvalue weighted by Crippen LogP contribution is -2.08. The number of rotatable bonds is 4. The highest BCUT2D eigenvalue weighted by molar-refractivity contribution is 8.13. The monoisotopic (exact) mass is 292 g/mol. The molecule has 1 rings (SSSR count). The van der Waals surface area contributed by atoms with Gasteiger partial charge >= 0.3 is 0 Å². The molecule has 0 unspecified atom stereocenters. The minimum Gasteiger partial charge on any atom is -0.491 e. The van der Waals surface area contributed by atoms with Crippen molar-refractivity contribution in [2.24, 2.45) is 10.7 Å². The highest BCUT2D eigenvalue weighted by Crippen LogP contribution is 2.25. The molecule has 4 heteroatoms. The summed E-state index contributed by atoms with van der Waals surface area (Å²) < 4.78 is 5.75. The molecule has 0 saturated carbocycles. The third-order valence-electron chi connectivity index (χ3n) is 2.97. The van der Waals surface area contributed by atoms with Crippen molar-refractivity contribution < 1.29 is 4.74 Å². The van der Waals surface area contributed by atoms with Gasteiger partial charge in [0.05, 0.1) is 11.1 Å². The van der Waals surface area contributed by atoms with Crippen LogP contribution < -0.4 is 10.5 Å². The standard InChI is InChI=1S/C16H24N2OS/c1-10(2)19-14-8-7-13(9-11(14)3)15(17)12(4)16(18-5)20-6/h7-10H,17H2,1-6H3. The predicted molar refractivity (Wildman–Crippen MR) is 90.6 cm³/mol. The lowest BCUT2D eigenvalue weighted by atomic mass is 10.1. The molecule has 0 atom stereocenters. The van der Waals surface area contributed by atoms with Gasteiger partial charge in [-0.3, -0.25) is 4.99 Å². The first kappa shape index (κ1) is 16.6. The zero-order chi connectivity index (χ0) is 15.3. The first-order chi connectivity index (χ1) is 9.40. The summed E-state index contributed by atoms with van der Waals surface area (Å²) >= 11 is 1.60. The van der Waals surface area contributed by atoms with Crippen molar-refractivity contribution in [3.8, 4) is 5.75 Å². The van der Waals surface area contributed by atoms with Gasteiger partial charge in [0.2, 0.25) is 0 Å². The van der Waals surface area contributed by atoms with Gasteiger partial charge in [-0.25, -0.2) is 0 Å². The number of ether oxygens (including phenoxy) is 1. The van der Waals surface area contributed by atoms with E-state index in [1.54, 1.807) is 18.8 Å². The summed E-state index contributed by atoms with van der Waals surface area (Å²) in [4.78, 5) is 4.25. The Balaban J connectivity index is 3.15. The fourth-order valence-corrected chi connectivity index (χ4v) is 2.55. The van der Waals surface area contributed by atoms with Gasteiger partial charge in [0, 0.05) is 18.3 Å². The number of hydrogen-bond acceptors (Lipinski definition) is 4. The minimum absolute atomic E-state index is 0.171. The number of aryl methyl sites for hydroxylation is 1. The smallest absolute Gasteiger partial charge is 0.122 e. The quantitative estimate of drug-likeness (QED) is 0.677. The lowest BCUT2D eigenvalue weighted by Gasteiger charge is -2.14. The van der Waals surface area contributed by atoms with Crippen molar-refractivity contribution in [1.29, 1.82) is 0 Å². The van der Waals surface area contributed by atoms with Crippen LogP contribution in [0.5, 0.6) is 5.75 Å². The van der Waals surface area contributed by atoms with E-state index in [2.05, 4.69) is 11.1 Å². The Kier molecular flexibility index (Phi) is 6.14. The maximum Gasteiger partial charge on any atom is 0.122 e. The summed E-state index contributed by atoms with van der Waals surface area (Å²) in [5.74, 6) is 0.906. The molecule has 0 radical (unpaired) electrons. The fourth-order valence-electron chi connectivity index (χ4n) is 1.95. The van der Waals surface area contributed by atoms with E-state index in [1.807, 2.05) is 46.1 Å². The molecule has 0 aliphatic rings. The van der Waals surface area contributed by atoms with Gasteiger partial charge < -0.3 is 10.5 Å². The van der Waals surface area contributed by atoms with Crippen LogP contribution in [0.15, 0.2) is 28.8 Å². The normalized spacial score (nSPS) is 13.4. The van der Waals surface area contributed by atoms with Gasteiger partial charge in [0.15, 0.2) is 0 Å². The van der Waals surface area contributed by atoms with Crippen LogP contribution in [0, 0.1) is 6.92 Å². The molecule has 0 saturated heterocycles. The molecule has 1 aromatic rings. The Morgan fingerprint density at radius 1 is 1.35 bits per heavy atom. The Labute approximate surface area is 126 Å². The van der Waals surface area contributed by atoms with E-state index in [9.17, 15) is 0 Å². The van der Waals surface area contributed by atoms with E-state index >= 15 is 0 Å². The molecule has 0 aliphatic heterocycles. The number of aliphatic imine (C=N–C) groups is 1. The first-order valence-electron chi connectivity index (χ1n) is 6.65. The summed E-state index contributed by atoms with van der Waals surface area (Å²) in [5.41, 5.74) is 10.1. The van der Waals surface area contributed by atoms with Gasteiger partial charge in [-0.1, -0.05) is 0 Å². The SMILES string of the molecule is CN=C(SC)C(C)=C(N)c1ccc(OC(C)C)c(C)c1. The maximum absolute atomic E-state index is 6.26. The van der Waals surface area contributed by atoms with Gasteiger partial charge in [0.1, 0.15) is 5.75 Å². The molecule has 2 N–H and O–H groups in total. The molecule has 0 aromatic heterocycles. The fraction of sp³-hybridized carbons (Fsp3) is 0.438. The van der Waals surface area contributed by atoms with Crippen molar-refractivity contribution >= 4 is 22.5 Å². The van der Waals surface area contributed by atoms with Gasteiger partial charge in [-0.15, -0.1) is 11.8 Å². The molecule has 20 heavy (non-hydrogen) atoms. The van der Waals surface area contributed by atoms with Crippen LogP contribution in [-0.4, -0.2) is 24.5 Å². The zero-order valence-corrected chi connectivity index (χ0v) is 14.0. The second kappa shape index (κ2) is 7.39. The van der Waals surface area contributed by atoms with Gasteiger partial charge in [-0.05, 0) is 63.3 Å². The summed E-state index contributed by atoms with van der Waals surface area (Å²) in [7, 11) is 1.79. The van der Waals surface area contributed by atoms with E-state index < -0.39 is 0 Å². The van der Waals surface area contributed by atoms with Crippen LogP contribution >= 0.6 is 11.8 Å². The second-order valence-electron chi connectivity index (χ2n) is 4.92. The molecular formula is C16H24N2OS. The van der Waals surface area contributed by atoms with Crippen LogP contribution in [0.25, 0.3) is 5.70 Å². The molecule has 110 valence electrons. The number of thioether (sulfide) groups is 1. The third kappa shape index (κ3) is 4.04. The number of nitrogens with zero attached hydrogens (tertiary/aromatic N) is 1. The van der Waals surface area contributed by atoms with Crippen molar-refractivity contribution in [2.75, 3.05) is 13.3 Å². The lowest BCUT2D eigenvalue weighted by molar-refractivity contribution is 0.241. The van der Waals surface area contributed by atoms with Crippen LogP contribution in [0.2, 0.25) is 0 Å². The molecule has 0 spiro atoms. The van der Waals surface area contributed by atoms with Crippen LogP contribution in [0.1, 0.15) is 31.9 Å². The van der Waals surface area contributed by atoms with E-state index in [1.165, 1.54) is 0 Å². The molecule has 0 amide bonds. The summed E-state index contributed by atoms with van der Waals surface area (Å²) in [5, 5.41) is 0.961. The average molecular weight is 292 g/mol. The highest BCUT2D eigenvalue weighted by Gasteiger charge is 2.09. The second-order valence-corrected chi connectivity index (χ2v) is 5.71. The number of nitrogens with two attached hydrogens (primary N) is 1. The number of benzene rings is 1. The van der Waals surface area contributed by atoms with Gasteiger partial charge in [-0.2, -0.15) is 0 Å². The Hall–Kier alpha value is -1.42. The molecule has 0 bridgehead atoms. The topological polar surface area (TPSA) is 47.6 Å².